The first-order valence-corrected chi connectivity index (χ1v) is 6.66. The quantitative estimate of drug-likeness (QED) is 0.616. The van der Waals surface area contributed by atoms with Crippen LogP contribution in [0.5, 0.6) is 0 Å². The fourth-order valence-electron chi connectivity index (χ4n) is 4.54. The Bertz CT molecular complexity index is 379. The lowest BCUT2D eigenvalue weighted by molar-refractivity contribution is -0.110. The number of hydrogen-bond donors (Lipinski definition) is 1. The minimum atomic E-state index is -0.498. The molecule has 0 aromatic carbocycles. The van der Waals surface area contributed by atoms with E-state index in [0.717, 1.165) is 19.3 Å². The van der Waals surface area contributed by atoms with Gasteiger partial charge in [-0.25, -0.2) is 0 Å². The topological polar surface area (TPSA) is 20.2 Å². The van der Waals surface area contributed by atoms with E-state index < -0.39 is 5.60 Å². The monoisotopic (exact) mass is 218 g/mol. The van der Waals surface area contributed by atoms with Crippen LogP contribution in [-0.2, 0) is 0 Å². The summed E-state index contributed by atoms with van der Waals surface area (Å²) in [5.74, 6) is 0.612. The van der Waals surface area contributed by atoms with Gasteiger partial charge in [-0.15, -0.1) is 0 Å². The first-order chi connectivity index (χ1) is 7.60. The highest BCUT2D eigenvalue weighted by atomic mass is 16.3. The van der Waals surface area contributed by atoms with Gasteiger partial charge < -0.3 is 5.11 Å². The standard InChI is InChI=1S/C15H22O/c1-11-7-10-14-8-3-4-9-15(14,16)12(2)5-6-13(11)14/h5,7,13,16H,3-4,6,8-10H2,1-2H3/t13-,14+,15-/m0/s1. The van der Waals surface area contributed by atoms with Gasteiger partial charge in [0.25, 0.3) is 0 Å². The normalized spacial score (nSPS) is 46.8. The molecule has 0 bridgehead atoms. The van der Waals surface area contributed by atoms with Crippen molar-refractivity contribution in [3.05, 3.63) is 23.3 Å². The van der Waals surface area contributed by atoms with Gasteiger partial charge in [-0.1, -0.05) is 30.6 Å². The average Bonchev–Trinajstić information content (AvgIpc) is 2.59. The maximum Gasteiger partial charge on any atom is 0.0918 e. The molecule has 3 rings (SSSR count). The van der Waals surface area contributed by atoms with Crippen LogP contribution in [-0.4, -0.2) is 10.7 Å². The van der Waals surface area contributed by atoms with Gasteiger partial charge in [0.15, 0.2) is 0 Å². The maximum absolute atomic E-state index is 11.1. The van der Waals surface area contributed by atoms with Gasteiger partial charge in [-0.2, -0.15) is 0 Å². The molecule has 16 heavy (non-hydrogen) atoms. The van der Waals surface area contributed by atoms with Crippen LogP contribution in [0.4, 0.5) is 0 Å². The van der Waals surface area contributed by atoms with E-state index in [9.17, 15) is 5.11 Å². The molecule has 1 saturated carbocycles. The van der Waals surface area contributed by atoms with Crippen molar-refractivity contribution in [2.75, 3.05) is 0 Å². The van der Waals surface area contributed by atoms with Crippen LogP contribution in [0, 0.1) is 11.3 Å². The van der Waals surface area contributed by atoms with Crippen molar-refractivity contribution in [1.29, 1.82) is 0 Å². The smallest absolute Gasteiger partial charge is 0.0918 e. The zero-order valence-corrected chi connectivity index (χ0v) is 10.4. The van der Waals surface area contributed by atoms with Crippen LogP contribution < -0.4 is 0 Å². The van der Waals surface area contributed by atoms with Gasteiger partial charge in [0.1, 0.15) is 0 Å². The van der Waals surface area contributed by atoms with Crippen molar-refractivity contribution >= 4 is 0 Å². The Morgan fingerprint density at radius 3 is 2.75 bits per heavy atom. The summed E-state index contributed by atoms with van der Waals surface area (Å²) in [6, 6.07) is 0. The lowest BCUT2D eigenvalue weighted by atomic mass is 9.52. The summed E-state index contributed by atoms with van der Waals surface area (Å²) < 4.78 is 0. The fourth-order valence-corrected chi connectivity index (χ4v) is 4.54. The summed E-state index contributed by atoms with van der Waals surface area (Å²) in [4.78, 5) is 0. The minimum absolute atomic E-state index is 0.161. The highest BCUT2D eigenvalue weighted by Gasteiger charge is 2.59. The summed E-state index contributed by atoms with van der Waals surface area (Å²) >= 11 is 0. The van der Waals surface area contributed by atoms with E-state index in [1.807, 2.05) is 0 Å². The maximum atomic E-state index is 11.1. The summed E-state index contributed by atoms with van der Waals surface area (Å²) in [6.45, 7) is 4.39. The van der Waals surface area contributed by atoms with Crippen LogP contribution in [0.3, 0.4) is 0 Å². The largest absolute Gasteiger partial charge is 0.385 e. The second-order valence-corrected chi connectivity index (χ2v) is 6.05. The molecule has 0 radical (unpaired) electrons. The Morgan fingerprint density at radius 1 is 1.19 bits per heavy atom. The van der Waals surface area contributed by atoms with Crippen LogP contribution in [0.15, 0.2) is 23.3 Å². The van der Waals surface area contributed by atoms with E-state index in [1.54, 1.807) is 0 Å². The number of rotatable bonds is 0. The molecule has 0 aromatic rings. The van der Waals surface area contributed by atoms with E-state index in [1.165, 1.54) is 30.4 Å². The van der Waals surface area contributed by atoms with Crippen molar-refractivity contribution in [3.63, 3.8) is 0 Å². The Balaban J connectivity index is 2.11. The molecule has 0 saturated heterocycles. The molecule has 1 fully saturated rings. The van der Waals surface area contributed by atoms with Crippen LogP contribution in [0.2, 0.25) is 0 Å². The second kappa shape index (κ2) is 3.22. The summed E-state index contributed by atoms with van der Waals surface area (Å²) in [7, 11) is 0. The molecule has 0 unspecified atom stereocenters. The van der Waals surface area contributed by atoms with Crippen LogP contribution in [0.25, 0.3) is 0 Å². The Kier molecular flexibility index (Phi) is 2.13. The van der Waals surface area contributed by atoms with Gasteiger partial charge in [-0.05, 0) is 51.0 Å². The van der Waals surface area contributed by atoms with Gasteiger partial charge in [0.2, 0.25) is 0 Å². The lowest BCUT2D eigenvalue weighted by Gasteiger charge is -2.55. The van der Waals surface area contributed by atoms with E-state index in [2.05, 4.69) is 26.0 Å². The fraction of sp³-hybridized carbons (Fsp3) is 0.733. The predicted octanol–water partition coefficient (Wildman–Crippen LogP) is 3.59. The predicted molar refractivity (Wildman–Crippen MR) is 66.1 cm³/mol. The van der Waals surface area contributed by atoms with Crippen LogP contribution in [0.1, 0.15) is 52.4 Å². The van der Waals surface area contributed by atoms with Crippen molar-refractivity contribution < 1.29 is 5.11 Å². The molecule has 1 N–H and O–H groups in total. The molecule has 0 aliphatic heterocycles. The third-order valence-electron chi connectivity index (χ3n) is 5.55. The molecule has 0 amide bonds. The summed E-state index contributed by atoms with van der Waals surface area (Å²) in [5, 5.41) is 11.1. The molecule has 1 heteroatoms. The zero-order valence-electron chi connectivity index (χ0n) is 10.4. The molecule has 3 aliphatic carbocycles. The van der Waals surface area contributed by atoms with E-state index in [0.29, 0.717) is 5.92 Å². The van der Waals surface area contributed by atoms with Gasteiger partial charge in [0, 0.05) is 5.41 Å². The van der Waals surface area contributed by atoms with E-state index in [-0.39, 0.29) is 5.41 Å². The minimum Gasteiger partial charge on any atom is -0.385 e. The van der Waals surface area contributed by atoms with Gasteiger partial charge in [-0.3, -0.25) is 0 Å². The van der Waals surface area contributed by atoms with Crippen molar-refractivity contribution in [3.8, 4) is 0 Å². The molecule has 0 aromatic heterocycles. The average molecular weight is 218 g/mol. The molecule has 88 valence electrons. The van der Waals surface area contributed by atoms with Gasteiger partial charge in [0.05, 0.1) is 5.60 Å². The number of aliphatic hydroxyl groups is 1. The summed E-state index contributed by atoms with van der Waals surface area (Å²) in [6.07, 6.45) is 11.6. The van der Waals surface area contributed by atoms with Crippen molar-refractivity contribution in [1.82, 2.24) is 0 Å². The highest BCUT2D eigenvalue weighted by molar-refractivity contribution is 5.35. The number of hydrogen-bond acceptors (Lipinski definition) is 1. The van der Waals surface area contributed by atoms with E-state index in [4.69, 9.17) is 0 Å². The highest BCUT2D eigenvalue weighted by Crippen LogP contribution is 2.62. The second-order valence-electron chi connectivity index (χ2n) is 6.05. The van der Waals surface area contributed by atoms with E-state index >= 15 is 0 Å². The zero-order chi connectivity index (χ0) is 11.4. The molecule has 0 heterocycles. The van der Waals surface area contributed by atoms with Crippen molar-refractivity contribution in [2.45, 2.75) is 58.0 Å². The van der Waals surface area contributed by atoms with Crippen LogP contribution >= 0.6 is 0 Å². The molecule has 1 spiro atoms. The third-order valence-corrected chi connectivity index (χ3v) is 5.55. The van der Waals surface area contributed by atoms with Gasteiger partial charge >= 0.3 is 0 Å². The Hall–Kier alpha value is -0.560. The molecular weight excluding hydrogens is 196 g/mol. The Labute approximate surface area is 98.2 Å². The molecule has 1 nitrogen and oxygen atoms in total. The Morgan fingerprint density at radius 2 is 1.94 bits per heavy atom. The van der Waals surface area contributed by atoms with Crippen molar-refractivity contribution in [2.24, 2.45) is 11.3 Å². The summed E-state index contributed by atoms with van der Waals surface area (Å²) in [5.41, 5.74) is 2.42. The SMILES string of the molecule is CC1=CC[C@@]23CCCC[C@]2(O)C(C)=CC[C@@H]13. The first kappa shape index (κ1) is 10.6. The molecule has 3 aliphatic rings. The first-order valence-electron chi connectivity index (χ1n) is 6.66. The molecule has 3 atom stereocenters. The lowest BCUT2D eigenvalue weighted by Crippen LogP contribution is -2.55. The third kappa shape index (κ3) is 1.05. The number of allylic oxidation sites excluding steroid dienone is 3. The molecular formula is C15H22O.